The van der Waals surface area contributed by atoms with Crippen LogP contribution in [-0.2, 0) is 16.1 Å². The van der Waals surface area contributed by atoms with Crippen molar-refractivity contribution in [3.05, 3.63) is 38.9 Å². The highest BCUT2D eigenvalue weighted by Crippen LogP contribution is 2.11. The number of rotatable bonds is 5. The van der Waals surface area contributed by atoms with Crippen molar-refractivity contribution in [2.45, 2.75) is 20.4 Å². The first-order chi connectivity index (χ1) is 11.3. The van der Waals surface area contributed by atoms with E-state index in [1.807, 2.05) is 13.8 Å². The summed E-state index contributed by atoms with van der Waals surface area (Å²) in [5.74, 6) is -0.474. The van der Waals surface area contributed by atoms with E-state index in [-0.39, 0.29) is 22.8 Å². The molecule has 1 aromatic heterocycles. The summed E-state index contributed by atoms with van der Waals surface area (Å²) in [6, 6.07) is 4.51. The van der Waals surface area contributed by atoms with Gasteiger partial charge in [-0.15, -0.1) is 0 Å². The van der Waals surface area contributed by atoms with E-state index in [0.717, 1.165) is 0 Å². The van der Waals surface area contributed by atoms with Crippen molar-refractivity contribution in [2.75, 3.05) is 13.7 Å². The molecule has 24 heavy (non-hydrogen) atoms. The quantitative estimate of drug-likeness (QED) is 0.632. The lowest BCUT2D eigenvalue weighted by molar-refractivity contribution is -0.121. The largest absolute Gasteiger partial charge is 0.465 e. The molecule has 0 unspecified atom stereocenters. The van der Waals surface area contributed by atoms with Crippen molar-refractivity contribution in [3.8, 4) is 0 Å². The van der Waals surface area contributed by atoms with Crippen LogP contribution in [0.4, 0.5) is 0 Å². The third kappa shape index (κ3) is 3.88. The van der Waals surface area contributed by atoms with Crippen LogP contribution in [0.15, 0.2) is 23.0 Å². The number of amides is 1. The zero-order valence-corrected chi connectivity index (χ0v) is 14.5. The van der Waals surface area contributed by atoms with E-state index in [4.69, 9.17) is 12.2 Å². The minimum Gasteiger partial charge on any atom is -0.465 e. The van der Waals surface area contributed by atoms with Gasteiger partial charge in [0.05, 0.1) is 23.6 Å². The molecule has 0 aliphatic carbocycles. The van der Waals surface area contributed by atoms with E-state index in [1.54, 1.807) is 0 Å². The van der Waals surface area contributed by atoms with Crippen LogP contribution in [0, 0.1) is 10.7 Å². The maximum atomic E-state index is 12.6. The Labute approximate surface area is 143 Å². The summed E-state index contributed by atoms with van der Waals surface area (Å²) >= 11 is 5.17. The zero-order valence-electron chi connectivity index (χ0n) is 13.7. The van der Waals surface area contributed by atoms with Gasteiger partial charge in [-0.1, -0.05) is 13.8 Å². The van der Waals surface area contributed by atoms with Crippen LogP contribution < -0.4 is 10.9 Å². The van der Waals surface area contributed by atoms with Crippen LogP contribution in [0.1, 0.15) is 24.2 Å². The highest BCUT2D eigenvalue weighted by molar-refractivity contribution is 7.71. The average molecular weight is 349 g/mol. The van der Waals surface area contributed by atoms with Gasteiger partial charge in [0, 0.05) is 6.54 Å². The van der Waals surface area contributed by atoms with E-state index in [2.05, 4.69) is 15.0 Å². The van der Waals surface area contributed by atoms with Gasteiger partial charge in [0.15, 0.2) is 4.77 Å². The van der Waals surface area contributed by atoms with Gasteiger partial charge in [0.1, 0.15) is 6.54 Å². The van der Waals surface area contributed by atoms with E-state index in [9.17, 15) is 14.4 Å². The van der Waals surface area contributed by atoms with Gasteiger partial charge in [0.2, 0.25) is 5.91 Å². The molecule has 1 aromatic carbocycles. The number of nitrogens with one attached hydrogen (secondary N) is 2. The fraction of sp³-hybridized carbons (Fsp3) is 0.375. The molecule has 1 amide bonds. The van der Waals surface area contributed by atoms with Gasteiger partial charge in [-0.3, -0.25) is 14.2 Å². The third-order valence-electron chi connectivity index (χ3n) is 3.41. The molecular formula is C16H19N3O4S. The average Bonchev–Trinajstić information content (AvgIpc) is 2.55. The third-order valence-corrected chi connectivity index (χ3v) is 3.73. The van der Waals surface area contributed by atoms with Crippen LogP contribution in [0.3, 0.4) is 0 Å². The second-order valence-corrected chi connectivity index (χ2v) is 6.16. The number of hydrogen-bond donors (Lipinski definition) is 2. The maximum absolute atomic E-state index is 12.6. The predicted octanol–water partition coefficient (Wildman–Crippen LogP) is 1.62. The minimum absolute atomic E-state index is 0.120. The summed E-state index contributed by atoms with van der Waals surface area (Å²) in [5, 5.41) is 3.09. The maximum Gasteiger partial charge on any atom is 0.337 e. The Morgan fingerprint density at radius 1 is 1.38 bits per heavy atom. The number of hydrogen-bond acceptors (Lipinski definition) is 5. The van der Waals surface area contributed by atoms with Crippen LogP contribution in [-0.4, -0.2) is 35.1 Å². The Balaban J connectivity index is 2.40. The zero-order chi connectivity index (χ0) is 17.9. The molecule has 0 atom stereocenters. The molecule has 0 aliphatic heterocycles. The Morgan fingerprint density at radius 3 is 2.71 bits per heavy atom. The Bertz CT molecular complexity index is 898. The van der Waals surface area contributed by atoms with E-state index in [0.29, 0.717) is 28.9 Å². The van der Waals surface area contributed by atoms with Crippen molar-refractivity contribution >= 4 is 35.0 Å². The number of methoxy groups -OCH3 is 1. The van der Waals surface area contributed by atoms with Crippen LogP contribution in [0.25, 0.3) is 10.9 Å². The summed E-state index contributed by atoms with van der Waals surface area (Å²) in [5.41, 5.74) is 0.346. The summed E-state index contributed by atoms with van der Waals surface area (Å²) < 4.78 is 5.97. The summed E-state index contributed by atoms with van der Waals surface area (Å²) in [7, 11) is 1.28. The number of ether oxygens (including phenoxy) is 1. The Hall–Kier alpha value is -2.48. The van der Waals surface area contributed by atoms with Crippen molar-refractivity contribution in [2.24, 2.45) is 5.92 Å². The minimum atomic E-state index is -0.506. The monoisotopic (exact) mass is 349 g/mol. The molecule has 0 radical (unpaired) electrons. The molecule has 128 valence electrons. The first-order valence-corrected chi connectivity index (χ1v) is 7.86. The lowest BCUT2D eigenvalue weighted by atomic mass is 10.1. The molecule has 0 saturated heterocycles. The lowest BCUT2D eigenvalue weighted by Crippen LogP contribution is -2.34. The Morgan fingerprint density at radius 2 is 2.08 bits per heavy atom. The summed E-state index contributed by atoms with van der Waals surface area (Å²) in [6.45, 7) is 4.33. The standard InChI is InChI=1S/C16H19N3O4S/c1-9(2)7-17-13(20)8-19-14(21)11-5-4-10(15(22)23-3)6-12(11)18-16(19)24/h4-6,9H,7-8H2,1-3H3,(H,17,20)(H,18,24). The van der Waals surface area contributed by atoms with Crippen LogP contribution >= 0.6 is 12.2 Å². The van der Waals surface area contributed by atoms with Crippen molar-refractivity contribution < 1.29 is 14.3 Å². The summed E-state index contributed by atoms with van der Waals surface area (Å²) in [6.07, 6.45) is 0. The van der Waals surface area contributed by atoms with Crippen molar-refractivity contribution in [1.82, 2.24) is 14.9 Å². The molecule has 0 spiro atoms. The lowest BCUT2D eigenvalue weighted by Gasteiger charge is -2.10. The number of nitrogens with zero attached hydrogens (tertiary/aromatic N) is 1. The predicted molar refractivity (Wildman–Crippen MR) is 92.6 cm³/mol. The number of H-pyrrole nitrogens is 1. The number of carbonyl (C=O) groups is 2. The first-order valence-electron chi connectivity index (χ1n) is 7.45. The molecule has 1 heterocycles. The second-order valence-electron chi connectivity index (χ2n) is 5.77. The number of benzene rings is 1. The summed E-state index contributed by atoms with van der Waals surface area (Å²) in [4.78, 5) is 38.9. The Kier molecular flexibility index (Phi) is 5.50. The molecule has 7 nitrogen and oxygen atoms in total. The SMILES string of the molecule is COC(=O)c1ccc2c(=O)n(CC(=O)NCC(C)C)c(=S)[nH]c2c1. The molecule has 2 N–H and O–H groups in total. The van der Waals surface area contributed by atoms with Crippen molar-refractivity contribution in [3.63, 3.8) is 0 Å². The van der Waals surface area contributed by atoms with Gasteiger partial charge in [0.25, 0.3) is 5.56 Å². The number of aromatic nitrogens is 2. The van der Waals surface area contributed by atoms with Gasteiger partial charge < -0.3 is 15.0 Å². The highest BCUT2D eigenvalue weighted by Gasteiger charge is 2.12. The molecule has 0 fully saturated rings. The van der Waals surface area contributed by atoms with E-state index >= 15 is 0 Å². The van der Waals surface area contributed by atoms with Gasteiger partial charge in [-0.2, -0.15) is 0 Å². The number of carbonyl (C=O) groups excluding carboxylic acids is 2. The van der Waals surface area contributed by atoms with Gasteiger partial charge in [-0.25, -0.2) is 4.79 Å². The molecular weight excluding hydrogens is 330 g/mol. The normalized spacial score (nSPS) is 10.8. The fourth-order valence-corrected chi connectivity index (χ4v) is 2.42. The van der Waals surface area contributed by atoms with Gasteiger partial charge in [-0.05, 0) is 36.3 Å². The second kappa shape index (κ2) is 7.39. The molecule has 0 aliphatic rings. The molecule has 2 aromatic rings. The molecule has 2 rings (SSSR count). The number of esters is 1. The van der Waals surface area contributed by atoms with Gasteiger partial charge >= 0.3 is 5.97 Å². The molecule has 8 heteroatoms. The smallest absolute Gasteiger partial charge is 0.337 e. The van der Waals surface area contributed by atoms with Crippen LogP contribution in [0.2, 0.25) is 0 Å². The van der Waals surface area contributed by atoms with E-state index < -0.39 is 5.97 Å². The highest BCUT2D eigenvalue weighted by atomic mass is 32.1. The fourth-order valence-electron chi connectivity index (χ4n) is 2.16. The first kappa shape index (κ1) is 17.9. The van der Waals surface area contributed by atoms with Crippen molar-refractivity contribution in [1.29, 1.82) is 0 Å². The number of fused-ring (bicyclic) bond motifs is 1. The van der Waals surface area contributed by atoms with Crippen LogP contribution in [0.5, 0.6) is 0 Å². The number of aromatic amines is 1. The van der Waals surface area contributed by atoms with E-state index in [1.165, 1.54) is 29.9 Å². The molecule has 0 bridgehead atoms. The molecule has 0 saturated carbocycles. The topological polar surface area (TPSA) is 93.2 Å².